The Morgan fingerprint density at radius 1 is 1.14 bits per heavy atom. The van der Waals surface area contributed by atoms with Crippen molar-refractivity contribution in [2.24, 2.45) is 0 Å². The largest absolute Gasteiger partial charge is 0.339 e. The first-order chi connectivity index (χ1) is 10.6. The van der Waals surface area contributed by atoms with Gasteiger partial charge in [-0.15, -0.1) is 0 Å². The summed E-state index contributed by atoms with van der Waals surface area (Å²) in [7, 11) is 0. The number of rotatable bonds is 4. The summed E-state index contributed by atoms with van der Waals surface area (Å²) in [6.45, 7) is 5.63. The van der Waals surface area contributed by atoms with E-state index in [1.54, 1.807) is 6.20 Å². The second kappa shape index (κ2) is 6.12. The normalized spacial score (nSPS) is 11.0. The van der Waals surface area contributed by atoms with Crippen molar-refractivity contribution in [2.45, 2.75) is 26.9 Å². The van der Waals surface area contributed by atoms with Gasteiger partial charge >= 0.3 is 0 Å². The van der Waals surface area contributed by atoms with Crippen LogP contribution in [-0.4, -0.2) is 9.97 Å². The molecule has 0 amide bonds. The third-order valence-electron chi connectivity index (χ3n) is 4.00. The molecule has 4 heteroatoms. The maximum Gasteiger partial charge on any atom is 0.257 e. The van der Waals surface area contributed by atoms with Gasteiger partial charge in [0.25, 0.3) is 5.56 Å². The van der Waals surface area contributed by atoms with E-state index in [-0.39, 0.29) is 5.56 Å². The Morgan fingerprint density at radius 2 is 1.95 bits per heavy atom. The molecule has 0 bridgehead atoms. The Bertz CT molecular complexity index is 853. The van der Waals surface area contributed by atoms with E-state index in [9.17, 15) is 4.79 Å². The molecule has 0 unspecified atom stereocenters. The fourth-order valence-electron chi connectivity index (χ4n) is 2.59. The van der Waals surface area contributed by atoms with Crippen LogP contribution in [0.3, 0.4) is 0 Å². The Labute approximate surface area is 129 Å². The Morgan fingerprint density at radius 3 is 2.73 bits per heavy atom. The first-order valence-electron chi connectivity index (χ1n) is 7.47. The second-order valence-corrected chi connectivity index (χ2v) is 5.71. The van der Waals surface area contributed by atoms with Gasteiger partial charge in [-0.2, -0.15) is 0 Å². The molecule has 4 nitrogen and oxygen atoms in total. The van der Waals surface area contributed by atoms with Crippen molar-refractivity contribution < 1.29 is 5.32 Å². The zero-order valence-corrected chi connectivity index (χ0v) is 12.9. The fraction of sp³-hybridized carbons (Fsp3) is 0.222. The molecule has 0 spiro atoms. The summed E-state index contributed by atoms with van der Waals surface area (Å²) < 4.78 is 0. The summed E-state index contributed by atoms with van der Waals surface area (Å²) in [5, 5.41) is 3.21. The number of fused-ring (bicyclic) bond motifs is 1. The van der Waals surface area contributed by atoms with E-state index >= 15 is 0 Å². The second-order valence-electron chi connectivity index (χ2n) is 5.71. The summed E-state index contributed by atoms with van der Waals surface area (Å²) in [6.07, 6.45) is 3.62. The third-order valence-corrected chi connectivity index (χ3v) is 4.00. The van der Waals surface area contributed by atoms with E-state index < -0.39 is 0 Å². The van der Waals surface area contributed by atoms with Gasteiger partial charge in [0.05, 0.1) is 5.56 Å². The number of quaternary nitrogens is 1. The van der Waals surface area contributed by atoms with Crippen LogP contribution < -0.4 is 10.9 Å². The summed E-state index contributed by atoms with van der Waals surface area (Å²) in [6, 6.07) is 10.1. The number of nitrogens with two attached hydrogens (primary N) is 1. The molecule has 0 saturated heterocycles. The summed E-state index contributed by atoms with van der Waals surface area (Å²) in [5.74, 6) is 0. The van der Waals surface area contributed by atoms with E-state index in [0.29, 0.717) is 6.54 Å². The highest BCUT2D eigenvalue weighted by Crippen LogP contribution is 2.16. The predicted molar refractivity (Wildman–Crippen MR) is 87.6 cm³/mol. The molecule has 0 aliphatic carbocycles. The van der Waals surface area contributed by atoms with Crippen LogP contribution in [-0.2, 0) is 13.1 Å². The van der Waals surface area contributed by atoms with Gasteiger partial charge in [-0.1, -0.05) is 6.07 Å². The molecule has 3 N–H and O–H groups in total. The lowest BCUT2D eigenvalue weighted by atomic mass is 10.0. The summed E-state index contributed by atoms with van der Waals surface area (Å²) >= 11 is 0. The quantitative estimate of drug-likeness (QED) is 0.771. The number of aromatic nitrogens is 2. The highest BCUT2D eigenvalue weighted by atomic mass is 16.1. The minimum absolute atomic E-state index is 0.00168. The molecule has 3 aromatic rings. The summed E-state index contributed by atoms with van der Waals surface area (Å²) in [4.78, 5) is 19.3. The van der Waals surface area contributed by atoms with Gasteiger partial charge in [0.1, 0.15) is 13.1 Å². The molecule has 0 fully saturated rings. The fourth-order valence-corrected chi connectivity index (χ4v) is 2.59. The van der Waals surface area contributed by atoms with Crippen LogP contribution in [0.15, 0.2) is 47.5 Å². The van der Waals surface area contributed by atoms with Crippen molar-refractivity contribution in [3.63, 3.8) is 0 Å². The van der Waals surface area contributed by atoms with Crippen LogP contribution in [0.2, 0.25) is 0 Å². The van der Waals surface area contributed by atoms with E-state index in [0.717, 1.165) is 28.6 Å². The van der Waals surface area contributed by atoms with Gasteiger partial charge in [-0.25, -0.2) is 0 Å². The van der Waals surface area contributed by atoms with Crippen LogP contribution >= 0.6 is 0 Å². The molecular weight excluding hydrogens is 274 g/mol. The average Bonchev–Trinajstić information content (AvgIpc) is 2.51. The molecule has 112 valence electrons. The van der Waals surface area contributed by atoms with Crippen LogP contribution in [0, 0.1) is 13.8 Å². The van der Waals surface area contributed by atoms with Crippen molar-refractivity contribution in [1.82, 2.24) is 9.97 Å². The Hall–Kier alpha value is -2.46. The number of aromatic amines is 1. The number of pyridine rings is 2. The van der Waals surface area contributed by atoms with Crippen molar-refractivity contribution >= 4 is 10.9 Å². The Balaban J connectivity index is 1.80. The van der Waals surface area contributed by atoms with Crippen LogP contribution in [0.5, 0.6) is 0 Å². The van der Waals surface area contributed by atoms with E-state index in [1.165, 1.54) is 11.1 Å². The number of nitrogens with zero attached hydrogens (tertiary/aromatic N) is 1. The van der Waals surface area contributed by atoms with Crippen molar-refractivity contribution in [3.05, 3.63) is 75.3 Å². The van der Waals surface area contributed by atoms with Gasteiger partial charge < -0.3 is 10.3 Å². The Kier molecular flexibility index (Phi) is 4.02. The zero-order valence-electron chi connectivity index (χ0n) is 12.9. The molecule has 1 aromatic carbocycles. The van der Waals surface area contributed by atoms with Crippen molar-refractivity contribution in [3.8, 4) is 0 Å². The van der Waals surface area contributed by atoms with Crippen LogP contribution in [0.25, 0.3) is 10.9 Å². The molecule has 0 atom stereocenters. The monoisotopic (exact) mass is 294 g/mol. The lowest BCUT2D eigenvalue weighted by Crippen LogP contribution is -2.81. The van der Waals surface area contributed by atoms with Gasteiger partial charge in [0.15, 0.2) is 0 Å². The van der Waals surface area contributed by atoms with Crippen molar-refractivity contribution in [1.29, 1.82) is 0 Å². The number of nitrogens with one attached hydrogen (secondary N) is 1. The molecule has 3 rings (SSSR count). The molecule has 2 aromatic heterocycles. The standard InChI is InChI=1S/C18H19N3O/c1-12-6-15-8-16(18(22)21-17(15)7-13(12)2)11-20-10-14-4-3-5-19-9-14/h3-9,20H,10-11H2,1-2H3,(H,21,22)/p+1. The van der Waals surface area contributed by atoms with E-state index in [4.69, 9.17) is 0 Å². The minimum atomic E-state index is -0.00168. The molecule has 2 heterocycles. The highest BCUT2D eigenvalue weighted by molar-refractivity contribution is 5.80. The molecule has 0 saturated carbocycles. The van der Waals surface area contributed by atoms with E-state index in [2.05, 4.69) is 35.2 Å². The minimum Gasteiger partial charge on any atom is -0.339 e. The number of benzene rings is 1. The number of H-pyrrole nitrogens is 1. The van der Waals surface area contributed by atoms with E-state index in [1.807, 2.05) is 30.5 Å². The number of hydrogen-bond donors (Lipinski definition) is 2. The number of hydrogen-bond acceptors (Lipinski definition) is 2. The average molecular weight is 294 g/mol. The lowest BCUT2D eigenvalue weighted by molar-refractivity contribution is -0.686. The van der Waals surface area contributed by atoms with Gasteiger partial charge in [0, 0.05) is 23.5 Å². The zero-order chi connectivity index (χ0) is 15.5. The number of aryl methyl sites for hydroxylation is 2. The highest BCUT2D eigenvalue weighted by Gasteiger charge is 2.06. The van der Waals surface area contributed by atoms with Gasteiger partial charge in [-0.3, -0.25) is 9.78 Å². The third kappa shape index (κ3) is 3.07. The van der Waals surface area contributed by atoms with Crippen LogP contribution in [0.4, 0.5) is 0 Å². The molecule has 22 heavy (non-hydrogen) atoms. The first-order valence-corrected chi connectivity index (χ1v) is 7.47. The van der Waals surface area contributed by atoms with Crippen LogP contribution in [0.1, 0.15) is 22.3 Å². The molecular formula is C18H20N3O+. The molecule has 0 radical (unpaired) electrons. The van der Waals surface area contributed by atoms with Gasteiger partial charge in [0.2, 0.25) is 0 Å². The maximum atomic E-state index is 12.2. The SMILES string of the molecule is Cc1cc2cc(C[NH2+]Cc3cccnc3)c(=O)[nH]c2cc1C. The topological polar surface area (TPSA) is 62.4 Å². The first kappa shape index (κ1) is 14.5. The van der Waals surface area contributed by atoms with Crippen molar-refractivity contribution in [2.75, 3.05) is 0 Å². The predicted octanol–water partition coefficient (Wildman–Crippen LogP) is 1.80. The smallest absolute Gasteiger partial charge is 0.257 e. The molecule has 0 aliphatic heterocycles. The summed E-state index contributed by atoms with van der Waals surface area (Å²) in [5.41, 5.74) is 5.30. The van der Waals surface area contributed by atoms with Gasteiger partial charge in [-0.05, 0) is 54.6 Å². The lowest BCUT2D eigenvalue weighted by Gasteiger charge is -2.06. The molecule has 0 aliphatic rings. The maximum absolute atomic E-state index is 12.2.